The van der Waals surface area contributed by atoms with Crippen molar-refractivity contribution in [2.75, 3.05) is 17.3 Å². The number of carbonyl (C=O) groups is 2. The van der Waals surface area contributed by atoms with Crippen LogP contribution in [0, 0.1) is 12.3 Å². The van der Waals surface area contributed by atoms with Gasteiger partial charge in [-0.3, -0.25) is 14.5 Å². The molecular formula is C28H32ClN3O2. The zero-order valence-electron chi connectivity index (χ0n) is 20.5. The highest BCUT2D eigenvalue weighted by Crippen LogP contribution is 2.42. The van der Waals surface area contributed by atoms with Crippen molar-refractivity contribution in [1.82, 2.24) is 9.47 Å². The van der Waals surface area contributed by atoms with Crippen LogP contribution >= 0.6 is 11.6 Å². The quantitative estimate of drug-likeness (QED) is 0.426. The molecule has 178 valence electrons. The summed E-state index contributed by atoms with van der Waals surface area (Å²) in [7, 11) is 0. The standard InChI is InChI=1S/C28H32ClN3O2/c1-19(2)31(27(34)28(4,5)18-29)17-25(33)32-23-10-7-6-9-22(23)30-16-8-11-24(30)26(32)21-14-12-20(3)13-15-21/h6-16,19,26H,17-18H2,1-5H3. The molecule has 1 atom stereocenters. The Bertz CT molecular complexity index is 1200. The van der Waals surface area contributed by atoms with Crippen LogP contribution < -0.4 is 4.90 Å². The molecule has 1 aliphatic heterocycles. The molecule has 0 bridgehead atoms. The van der Waals surface area contributed by atoms with Crippen LogP contribution in [0.3, 0.4) is 0 Å². The average Bonchev–Trinajstić information content (AvgIpc) is 3.31. The number of anilines is 1. The van der Waals surface area contributed by atoms with Crippen molar-refractivity contribution in [3.63, 3.8) is 0 Å². The number of para-hydroxylation sites is 2. The summed E-state index contributed by atoms with van der Waals surface area (Å²) in [5.74, 6) is -0.0562. The van der Waals surface area contributed by atoms with E-state index < -0.39 is 5.41 Å². The van der Waals surface area contributed by atoms with Gasteiger partial charge in [0.25, 0.3) is 0 Å². The topological polar surface area (TPSA) is 45.6 Å². The number of nitrogens with zero attached hydrogens (tertiary/aromatic N) is 3. The van der Waals surface area contributed by atoms with Crippen molar-refractivity contribution < 1.29 is 9.59 Å². The summed E-state index contributed by atoms with van der Waals surface area (Å²) in [6.07, 6.45) is 2.03. The van der Waals surface area contributed by atoms with Gasteiger partial charge < -0.3 is 9.47 Å². The molecular weight excluding hydrogens is 446 g/mol. The second kappa shape index (κ2) is 9.30. The van der Waals surface area contributed by atoms with Crippen LogP contribution in [-0.4, -0.2) is 39.7 Å². The van der Waals surface area contributed by atoms with E-state index in [1.807, 2.05) is 69.1 Å². The van der Waals surface area contributed by atoms with Gasteiger partial charge in [0.05, 0.1) is 22.5 Å². The van der Waals surface area contributed by atoms with E-state index in [0.29, 0.717) is 0 Å². The summed E-state index contributed by atoms with van der Waals surface area (Å²) in [6, 6.07) is 19.8. The Morgan fingerprint density at radius 1 is 1.00 bits per heavy atom. The lowest BCUT2D eigenvalue weighted by Gasteiger charge is -2.40. The van der Waals surface area contributed by atoms with E-state index in [-0.39, 0.29) is 36.3 Å². The number of benzene rings is 2. The fourth-order valence-corrected chi connectivity index (χ4v) is 4.60. The molecule has 2 heterocycles. The number of aryl methyl sites for hydroxylation is 1. The summed E-state index contributed by atoms with van der Waals surface area (Å²) in [6.45, 7) is 9.54. The maximum atomic E-state index is 14.1. The van der Waals surface area contributed by atoms with Gasteiger partial charge in [-0.1, -0.05) is 42.0 Å². The number of amides is 2. The molecule has 1 aromatic heterocycles. The third-order valence-electron chi connectivity index (χ3n) is 6.48. The molecule has 0 spiro atoms. The number of alkyl halides is 1. The predicted octanol–water partition coefficient (Wildman–Crippen LogP) is 5.72. The maximum absolute atomic E-state index is 14.1. The van der Waals surface area contributed by atoms with Crippen molar-refractivity contribution in [2.24, 2.45) is 5.41 Å². The fraction of sp³-hybridized carbons (Fsp3) is 0.357. The lowest BCUT2D eigenvalue weighted by molar-refractivity contribution is -0.144. The molecule has 34 heavy (non-hydrogen) atoms. The minimum Gasteiger partial charge on any atom is -0.330 e. The minimum absolute atomic E-state index is 0.0196. The minimum atomic E-state index is -0.753. The number of hydrogen-bond acceptors (Lipinski definition) is 2. The molecule has 4 rings (SSSR count). The number of rotatable bonds is 6. The fourth-order valence-electron chi connectivity index (χ4n) is 4.48. The molecule has 0 radical (unpaired) electrons. The largest absolute Gasteiger partial charge is 0.330 e. The Labute approximate surface area is 206 Å². The first-order valence-corrected chi connectivity index (χ1v) is 12.2. The Morgan fingerprint density at radius 3 is 2.26 bits per heavy atom. The number of carbonyl (C=O) groups excluding carboxylic acids is 2. The molecule has 0 saturated heterocycles. The molecule has 5 nitrogen and oxygen atoms in total. The molecule has 1 aliphatic rings. The van der Waals surface area contributed by atoms with Crippen molar-refractivity contribution in [1.29, 1.82) is 0 Å². The highest BCUT2D eigenvalue weighted by molar-refractivity contribution is 6.20. The number of halogens is 1. The van der Waals surface area contributed by atoms with E-state index in [1.54, 1.807) is 4.90 Å². The molecule has 2 amide bonds. The molecule has 0 fully saturated rings. The van der Waals surface area contributed by atoms with Crippen LogP contribution in [0.15, 0.2) is 66.9 Å². The van der Waals surface area contributed by atoms with E-state index >= 15 is 0 Å². The van der Waals surface area contributed by atoms with Gasteiger partial charge in [-0.2, -0.15) is 0 Å². The second-order valence-electron chi connectivity index (χ2n) is 9.91. The van der Waals surface area contributed by atoms with E-state index in [9.17, 15) is 9.59 Å². The average molecular weight is 478 g/mol. The molecule has 1 unspecified atom stereocenters. The van der Waals surface area contributed by atoms with Crippen molar-refractivity contribution in [3.05, 3.63) is 83.7 Å². The van der Waals surface area contributed by atoms with Crippen molar-refractivity contribution in [2.45, 2.75) is 46.7 Å². The Balaban J connectivity index is 1.81. The van der Waals surface area contributed by atoms with Crippen LogP contribution in [0.2, 0.25) is 0 Å². The summed E-state index contributed by atoms with van der Waals surface area (Å²) >= 11 is 6.10. The van der Waals surface area contributed by atoms with E-state index in [4.69, 9.17) is 11.6 Å². The lowest BCUT2D eigenvalue weighted by atomic mass is 9.93. The third-order valence-corrected chi connectivity index (χ3v) is 7.15. The van der Waals surface area contributed by atoms with Crippen LogP contribution in [0.5, 0.6) is 0 Å². The highest BCUT2D eigenvalue weighted by Gasteiger charge is 2.39. The van der Waals surface area contributed by atoms with Gasteiger partial charge in [0, 0.05) is 18.1 Å². The number of hydrogen-bond donors (Lipinski definition) is 0. The SMILES string of the molecule is Cc1ccc(C2c3cccn3-c3ccccc3N2C(=O)CN(C(=O)C(C)(C)CCl)C(C)C)cc1. The predicted molar refractivity (Wildman–Crippen MR) is 138 cm³/mol. The van der Waals surface area contributed by atoms with Gasteiger partial charge in [0.15, 0.2) is 0 Å². The van der Waals surface area contributed by atoms with E-state index in [1.165, 1.54) is 0 Å². The number of aromatic nitrogens is 1. The van der Waals surface area contributed by atoms with Crippen LogP contribution in [-0.2, 0) is 9.59 Å². The summed E-state index contributed by atoms with van der Waals surface area (Å²) < 4.78 is 2.14. The van der Waals surface area contributed by atoms with Crippen LogP contribution in [0.1, 0.15) is 50.6 Å². The van der Waals surface area contributed by atoms with Crippen molar-refractivity contribution in [3.8, 4) is 5.69 Å². The van der Waals surface area contributed by atoms with E-state index in [0.717, 1.165) is 28.2 Å². The van der Waals surface area contributed by atoms with Gasteiger partial charge in [-0.25, -0.2) is 0 Å². The maximum Gasteiger partial charge on any atom is 0.247 e. The second-order valence-corrected chi connectivity index (χ2v) is 10.2. The molecule has 0 N–H and O–H groups in total. The zero-order chi connectivity index (χ0) is 24.6. The summed E-state index contributed by atoms with van der Waals surface area (Å²) in [4.78, 5) is 30.9. The monoisotopic (exact) mass is 477 g/mol. The van der Waals surface area contributed by atoms with Gasteiger partial charge in [-0.05, 0) is 64.4 Å². The van der Waals surface area contributed by atoms with Gasteiger partial charge in [-0.15, -0.1) is 11.6 Å². The smallest absolute Gasteiger partial charge is 0.247 e. The first kappa shape index (κ1) is 24.1. The van der Waals surface area contributed by atoms with Gasteiger partial charge in [0.1, 0.15) is 12.6 Å². The normalized spacial score (nSPS) is 15.1. The molecule has 6 heteroatoms. The Kier molecular flexibility index (Phi) is 6.59. The first-order chi connectivity index (χ1) is 16.2. The molecule has 3 aromatic rings. The molecule has 0 saturated carbocycles. The van der Waals surface area contributed by atoms with Gasteiger partial charge in [0.2, 0.25) is 11.8 Å². The van der Waals surface area contributed by atoms with Crippen molar-refractivity contribution >= 4 is 29.1 Å². The zero-order valence-corrected chi connectivity index (χ0v) is 21.2. The lowest BCUT2D eigenvalue weighted by Crippen LogP contribution is -2.52. The van der Waals surface area contributed by atoms with E-state index in [2.05, 4.69) is 41.8 Å². The third kappa shape index (κ3) is 4.25. The summed E-state index contributed by atoms with van der Waals surface area (Å²) in [5, 5.41) is 0. The molecule has 0 aliphatic carbocycles. The van der Waals surface area contributed by atoms with Gasteiger partial charge >= 0.3 is 0 Å². The summed E-state index contributed by atoms with van der Waals surface area (Å²) in [5.41, 5.74) is 4.22. The van der Waals surface area contributed by atoms with Crippen LogP contribution in [0.4, 0.5) is 5.69 Å². The highest BCUT2D eigenvalue weighted by atomic mass is 35.5. The molecule has 2 aromatic carbocycles. The van der Waals surface area contributed by atoms with Crippen LogP contribution in [0.25, 0.3) is 5.69 Å². The Hall–Kier alpha value is -3.05. The Morgan fingerprint density at radius 2 is 1.65 bits per heavy atom. The number of fused-ring (bicyclic) bond motifs is 3. The first-order valence-electron chi connectivity index (χ1n) is 11.7.